The second-order valence-electron chi connectivity index (χ2n) is 3.54. The third kappa shape index (κ3) is 2.91. The van der Waals surface area contributed by atoms with Crippen LogP contribution in [0.25, 0.3) is 0 Å². The van der Waals surface area contributed by atoms with Crippen molar-refractivity contribution in [2.24, 2.45) is 0 Å². The van der Waals surface area contributed by atoms with Crippen molar-refractivity contribution in [2.75, 3.05) is 18.0 Å². The summed E-state index contributed by atoms with van der Waals surface area (Å²) in [4.78, 5) is 16.1. The van der Waals surface area contributed by atoms with Crippen LogP contribution in [0.4, 0.5) is 19.0 Å². The van der Waals surface area contributed by atoms with Gasteiger partial charge < -0.3 is 10.0 Å². The van der Waals surface area contributed by atoms with Crippen molar-refractivity contribution >= 4 is 11.8 Å². The molecule has 1 aromatic heterocycles. The maximum Gasteiger partial charge on any atom is 0.418 e. The molecular weight excluding hydrogens is 249 g/mol. The van der Waals surface area contributed by atoms with Crippen LogP contribution in [0.2, 0.25) is 0 Å². The summed E-state index contributed by atoms with van der Waals surface area (Å²) in [5, 5.41) is 8.80. The van der Waals surface area contributed by atoms with Crippen LogP contribution >= 0.6 is 0 Å². The van der Waals surface area contributed by atoms with Crippen LogP contribution in [0, 0.1) is 0 Å². The van der Waals surface area contributed by atoms with E-state index in [9.17, 15) is 18.0 Å². The SMILES string of the molecule is CCN(CC)c1ccc(C(F)(F)F)c(C(=O)O)n1. The van der Waals surface area contributed by atoms with Gasteiger partial charge in [0.05, 0.1) is 5.56 Å². The molecule has 0 saturated heterocycles. The Hall–Kier alpha value is -1.79. The maximum atomic E-state index is 12.6. The number of anilines is 1. The fourth-order valence-corrected chi connectivity index (χ4v) is 1.56. The van der Waals surface area contributed by atoms with Crippen molar-refractivity contribution in [3.05, 3.63) is 23.4 Å². The first-order chi connectivity index (χ1) is 8.31. The van der Waals surface area contributed by atoms with Gasteiger partial charge >= 0.3 is 12.1 Å². The minimum atomic E-state index is -4.72. The van der Waals surface area contributed by atoms with E-state index in [1.54, 1.807) is 4.90 Å². The number of rotatable bonds is 4. The Labute approximate surface area is 102 Å². The molecule has 0 aliphatic heterocycles. The zero-order valence-corrected chi connectivity index (χ0v) is 9.95. The van der Waals surface area contributed by atoms with Crippen LogP contribution in [-0.2, 0) is 6.18 Å². The van der Waals surface area contributed by atoms with Gasteiger partial charge in [-0.25, -0.2) is 9.78 Å². The van der Waals surface area contributed by atoms with Gasteiger partial charge in [-0.1, -0.05) is 0 Å². The van der Waals surface area contributed by atoms with Crippen LogP contribution in [0.3, 0.4) is 0 Å². The number of carbonyl (C=O) groups is 1. The summed E-state index contributed by atoms with van der Waals surface area (Å²) < 4.78 is 37.8. The molecule has 1 aromatic rings. The first-order valence-corrected chi connectivity index (χ1v) is 5.37. The van der Waals surface area contributed by atoms with Crippen molar-refractivity contribution in [3.63, 3.8) is 0 Å². The average Bonchev–Trinajstić information content (AvgIpc) is 2.29. The largest absolute Gasteiger partial charge is 0.476 e. The second kappa shape index (κ2) is 5.24. The van der Waals surface area contributed by atoms with E-state index in [-0.39, 0.29) is 5.82 Å². The molecule has 0 atom stereocenters. The molecule has 0 bridgehead atoms. The molecule has 0 spiro atoms. The van der Waals surface area contributed by atoms with Gasteiger partial charge in [0.1, 0.15) is 5.82 Å². The van der Waals surface area contributed by atoms with Crippen molar-refractivity contribution < 1.29 is 23.1 Å². The van der Waals surface area contributed by atoms with E-state index in [1.807, 2.05) is 13.8 Å². The van der Waals surface area contributed by atoms with Crippen LogP contribution in [0.15, 0.2) is 12.1 Å². The monoisotopic (exact) mass is 262 g/mol. The minimum Gasteiger partial charge on any atom is -0.476 e. The first-order valence-electron chi connectivity index (χ1n) is 5.37. The second-order valence-corrected chi connectivity index (χ2v) is 3.54. The summed E-state index contributed by atoms with van der Waals surface area (Å²) in [7, 11) is 0. The van der Waals surface area contributed by atoms with Crippen molar-refractivity contribution in [1.29, 1.82) is 0 Å². The molecule has 0 aliphatic carbocycles. The van der Waals surface area contributed by atoms with Crippen LogP contribution < -0.4 is 4.90 Å². The number of nitrogens with zero attached hydrogens (tertiary/aromatic N) is 2. The van der Waals surface area contributed by atoms with E-state index in [0.29, 0.717) is 13.1 Å². The predicted octanol–water partition coefficient (Wildman–Crippen LogP) is 2.64. The lowest BCUT2D eigenvalue weighted by molar-refractivity contribution is -0.138. The third-order valence-corrected chi connectivity index (χ3v) is 2.48. The normalized spacial score (nSPS) is 11.4. The lowest BCUT2D eigenvalue weighted by atomic mass is 10.2. The molecule has 1 N–H and O–H groups in total. The lowest BCUT2D eigenvalue weighted by Crippen LogP contribution is -2.25. The Balaban J connectivity index is 3.32. The molecule has 1 rings (SSSR count). The maximum absolute atomic E-state index is 12.6. The highest BCUT2D eigenvalue weighted by Gasteiger charge is 2.36. The molecule has 100 valence electrons. The van der Waals surface area contributed by atoms with Gasteiger partial charge in [-0.3, -0.25) is 0 Å². The highest BCUT2D eigenvalue weighted by Crippen LogP contribution is 2.32. The molecular formula is C11H13F3N2O2. The summed E-state index contributed by atoms with van der Waals surface area (Å²) in [6.07, 6.45) is -4.72. The molecule has 0 saturated carbocycles. The van der Waals surface area contributed by atoms with E-state index in [2.05, 4.69) is 4.98 Å². The number of carboxylic acids is 1. The molecule has 1 heterocycles. The van der Waals surface area contributed by atoms with Crippen LogP contribution in [-0.4, -0.2) is 29.1 Å². The number of halogens is 3. The van der Waals surface area contributed by atoms with Crippen molar-refractivity contribution in [3.8, 4) is 0 Å². The van der Waals surface area contributed by atoms with Crippen LogP contribution in [0.1, 0.15) is 29.9 Å². The summed E-state index contributed by atoms with van der Waals surface area (Å²) >= 11 is 0. The quantitative estimate of drug-likeness (QED) is 0.906. The number of hydrogen-bond acceptors (Lipinski definition) is 3. The number of pyridine rings is 1. The molecule has 0 aromatic carbocycles. The van der Waals surface area contributed by atoms with E-state index in [4.69, 9.17) is 5.11 Å². The fourth-order valence-electron chi connectivity index (χ4n) is 1.56. The Morgan fingerprint density at radius 2 is 1.89 bits per heavy atom. The molecule has 7 heteroatoms. The minimum absolute atomic E-state index is 0.227. The number of alkyl halides is 3. The molecule has 0 fully saturated rings. The standard InChI is InChI=1S/C11H13F3N2O2/c1-3-16(4-2)8-6-5-7(11(12,13)14)9(15-8)10(17)18/h5-6H,3-4H2,1-2H3,(H,17,18). The topological polar surface area (TPSA) is 53.4 Å². The number of carboxylic acid groups (broad SMARTS) is 1. The van der Waals surface area contributed by atoms with Gasteiger partial charge in [-0.15, -0.1) is 0 Å². The number of aromatic nitrogens is 1. The van der Waals surface area contributed by atoms with E-state index >= 15 is 0 Å². The van der Waals surface area contributed by atoms with Crippen molar-refractivity contribution in [1.82, 2.24) is 4.98 Å². The number of aromatic carboxylic acids is 1. The van der Waals surface area contributed by atoms with Gasteiger partial charge in [0, 0.05) is 13.1 Å². The molecule has 18 heavy (non-hydrogen) atoms. The first kappa shape index (κ1) is 14.3. The fraction of sp³-hybridized carbons (Fsp3) is 0.455. The van der Waals surface area contributed by atoms with E-state index in [1.165, 1.54) is 6.07 Å². The highest BCUT2D eigenvalue weighted by molar-refractivity contribution is 5.88. The zero-order valence-electron chi connectivity index (χ0n) is 9.95. The van der Waals surface area contributed by atoms with Gasteiger partial charge in [0.15, 0.2) is 5.69 Å². The predicted molar refractivity (Wildman–Crippen MR) is 59.8 cm³/mol. The molecule has 4 nitrogen and oxygen atoms in total. The van der Waals surface area contributed by atoms with Crippen molar-refractivity contribution in [2.45, 2.75) is 20.0 Å². The van der Waals surface area contributed by atoms with Gasteiger partial charge in [0.2, 0.25) is 0 Å². The Morgan fingerprint density at radius 3 is 2.28 bits per heavy atom. The third-order valence-electron chi connectivity index (χ3n) is 2.48. The Kier molecular flexibility index (Phi) is 4.15. The Morgan fingerprint density at radius 1 is 1.33 bits per heavy atom. The van der Waals surface area contributed by atoms with Gasteiger partial charge in [0.25, 0.3) is 0 Å². The van der Waals surface area contributed by atoms with E-state index in [0.717, 1.165) is 6.07 Å². The van der Waals surface area contributed by atoms with E-state index < -0.39 is 23.4 Å². The summed E-state index contributed by atoms with van der Waals surface area (Å²) in [6.45, 7) is 4.69. The zero-order chi connectivity index (χ0) is 13.9. The molecule has 0 unspecified atom stereocenters. The summed E-state index contributed by atoms with van der Waals surface area (Å²) in [6, 6.07) is 1.94. The summed E-state index contributed by atoms with van der Waals surface area (Å²) in [5.74, 6) is -1.46. The van der Waals surface area contributed by atoms with Crippen LogP contribution in [0.5, 0.6) is 0 Å². The van der Waals surface area contributed by atoms with Gasteiger partial charge in [-0.05, 0) is 26.0 Å². The molecule has 0 aliphatic rings. The highest BCUT2D eigenvalue weighted by atomic mass is 19.4. The summed E-state index contributed by atoms with van der Waals surface area (Å²) in [5.41, 5.74) is -2.20. The lowest BCUT2D eigenvalue weighted by Gasteiger charge is -2.21. The molecule has 0 amide bonds. The van der Waals surface area contributed by atoms with Gasteiger partial charge in [-0.2, -0.15) is 13.2 Å². The molecule has 0 radical (unpaired) electrons. The average molecular weight is 262 g/mol. The Bertz CT molecular complexity index is 442. The smallest absolute Gasteiger partial charge is 0.418 e. The number of hydrogen-bond donors (Lipinski definition) is 1.